The predicted molar refractivity (Wildman–Crippen MR) is 112 cm³/mol. The van der Waals surface area contributed by atoms with Gasteiger partial charge in [0.1, 0.15) is 0 Å². The van der Waals surface area contributed by atoms with Crippen LogP contribution in [0.15, 0.2) is 0 Å². The zero-order valence-electron chi connectivity index (χ0n) is 18.7. The number of hydrogen-bond acceptors (Lipinski definition) is 6. The molecule has 0 rings (SSSR count). The van der Waals surface area contributed by atoms with E-state index in [1.165, 1.54) is 0 Å². The first-order valence-corrected chi connectivity index (χ1v) is 22.0. The van der Waals surface area contributed by atoms with Gasteiger partial charge in [0.05, 0.1) is 39.6 Å². The summed E-state index contributed by atoms with van der Waals surface area (Å²) in [5, 5.41) is 0. The van der Waals surface area contributed by atoms with Crippen LogP contribution in [0.3, 0.4) is 0 Å². The van der Waals surface area contributed by atoms with Crippen LogP contribution in [0.1, 0.15) is 0 Å². The molecule has 152 valence electrons. The molecule has 11 heteroatoms. The molecule has 0 fully saturated rings. The molecule has 0 aromatic heterocycles. The van der Waals surface area contributed by atoms with Crippen LogP contribution in [0.4, 0.5) is 0 Å². The SMILES string of the molecule is COCCO[Si](C)(C)[Si-]([Si](C)(C)OCCOC)[Si](C)(C)OCCOC.[K+]. The van der Waals surface area contributed by atoms with Crippen LogP contribution in [0, 0.1) is 0 Å². The Hall–Kier alpha value is 2.26. The van der Waals surface area contributed by atoms with Crippen molar-refractivity contribution < 1.29 is 78.9 Å². The minimum Gasteiger partial charge on any atom is -0.451 e. The van der Waals surface area contributed by atoms with Gasteiger partial charge in [-0.25, -0.2) is 0 Å². The second-order valence-corrected chi connectivity index (χ2v) is 37.9. The molecule has 0 heterocycles. The molecule has 0 atom stereocenters. The van der Waals surface area contributed by atoms with Gasteiger partial charge >= 0.3 is 51.4 Å². The largest absolute Gasteiger partial charge is 1.00 e. The topological polar surface area (TPSA) is 55.4 Å². The van der Waals surface area contributed by atoms with E-state index in [-0.39, 0.29) is 51.4 Å². The Morgan fingerprint density at radius 3 is 0.923 bits per heavy atom. The standard InChI is InChI=1S/C15H39O6Si4.K/c1-16-10-13-19-23(4,5)22(24(6,7)20-14-11-17-2)25(8,9)21-15-12-18-3;/h10-15H2,1-9H3;/q-1;+1. The van der Waals surface area contributed by atoms with E-state index in [1.54, 1.807) is 21.3 Å². The maximum Gasteiger partial charge on any atom is 1.00 e. The average Bonchev–Trinajstić information content (AvgIpc) is 2.46. The normalized spacial score (nSPS) is 13.2. The molecule has 0 aromatic carbocycles. The van der Waals surface area contributed by atoms with Gasteiger partial charge in [0.15, 0.2) is 0 Å². The molecule has 6 nitrogen and oxygen atoms in total. The zero-order valence-corrected chi connectivity index (χ0v) is 25.8. The molecular formula is C15H39KO6Si4. The number of ether oxygens (including phenoxy) is 3. The van der Waals surface area contributed by atoms with Crippen molar-refractivity contribution in [1.82, 2.24) is 0 Å². The van der Waals surface area contributed by atoms with Crippen molar-refractivity contribution >= 4 is 30.9 Å². The summed E-state index contributed by atoms with van der Waals surface area (Å²) in [7, 11) is -1.64. The second-order valence-electron chi connectivity index (χ2n) is 7.43. The molecular weight excluding hydrogens is 428 g/mol. The molecule has 0 saturated heterocycles. The fraction of sp³-hybridized carbons (Fsp3) is 1.00. The molecule has 0 radical (unpaired) electrons. The summed E-state index contributed by atoms with van der Waals surface area (Å²) < 4.78 is 34.8. The number of rotatable bonds is 15. The first kappa shape index (κ1) is 30.5. The third-order valence-corrected chi connectivity index (χ3v) is 55.1. The van der Waals surface area contributed by atoms with Crippen LogP contribution >= 0.6 is 0 Å². The summed E-state index contributed by atoms with van der Waals surface area (Å²) in [6, 6.07) is 0. The van der Waals surface area contributed by atoms with E-state index < -0.39 is 30.9 Å². The first-order chi connectivity index (χ1) is 11.5. The van der Waals surface area contributed by atoms with E-state index in [0.29, 0.717) is 39.6 Å². The average molecular weight is 467 g/mol. The molecule has 0 aliphatic carbocycles. The van der Waals surface area contributed by atoms with Crippen LogP contribution in [0.2, 0.25) is 39.3 Å². The zero-order chi connectivity index (χ0) is 19.6. The molecule has 0 aliphatic heterocycles. The monoisotopic (exact) mass is 466 g/mol. The van der Waals surface area contributed by atoms with Crippen molar-refractivity contribution in [2.75, 3.05) is 61.0 Å². The Morgan fingerprint density at radius 2 is 0.731 bits per heavy atom. The Balaban J connectivity index is 0. The van der Waals surface area contributed by atoms with Crippen LogP contribution < -0.4 is 51.4 Å². The van der Waals surface area contributed by atoms with Gasteiger partial charge in [-0.3, -0.25) is 0 Å². The Kier molecular flexibility index (Phi) is 17.7. The minimum atomic E-state index is -1.95. The van der Waals surface area contributed by atoms with E-state index in [1.807, 2.05) is 0 Å². The van der Waals surface area contributed by atoms with Gasteiger partial charge in [-0.2, -0.15) is 7.35 Å². The molecule has 0 saturated carbocycles. The third kappa shape index (κ3) is 11.4. The Morgan fingerprint density at radius 1 is 0.500 bits per heavy atom. The quantitative estimate of drug-likeness (QED) is 0.236. The summed E-state index contributed by atoms with van der Waals surface area (Å²) in [6.07, 6.45) is 0. The van der Waals surface area contributed by atoms with E-state index in [0.717, 1.165) is 0 Å². The van der Waals surface area contributed by atoms with Gasteiger partial charge in [0, 0.05) is 44.8 Å². The van der Waals surface area contributed by atoms with E-state index >= 15 is 0 Å². The van der Waals surface area contributed by atoms with Crippen molar-refractivity contribution in [2.45, 2.75) is 39.3 Å². The fourth-order valence-corrected chi connectivity index (χ4v) is 68.4. The van der Waals surface area contributed by atoms with Crippen LogP contribution in [0.25, 0.3) is 0 Å². The smallest absolute Gasteiger partial charge is 0.451 e. The maximum atomic E-state index is 6.42. The summed E-state index contributed by atoms with van der Waals surface area (Å²) >= 11 is 0. The first-order valence-electron chi connectivity index (χ1n) is 8.82. The van der Waals surface area contributed by atoms with Crippen LogP contribution in [0.5, 0.6) is 0 Å². The molecule has 26 heavy (non-hydrogen) atoms. The maximum absolute atomic E-state index is 6.42. The van der Waals surface area contributed by atoms with Gasteiger partial charge < -0.3 is 27.5 Å². The van der Waals surface area contributed by atoms with E-state index in [2.05, 4.69) is 39.3 Å². The third-order valence-electron chi connectivity index (χ3n) is 4.06. The predicted octanol–water partition coefficient (Wildman–Crippen LogP) is -0.675. The van der Waals surface area contributed by atoms with Crippen LogP contribution in [-0.4, -0.2) is 91.8 Å². The molecule has 0 aromatic rings. The van der Waals surface area contributed by atoms with Crippen molar-refractivity contribution in [1.29, 1.82) is 0 Å². The van der Waals surface area contributed by atoms with Gasteiger partial charge in [-0.05, 0) is 0 Å². The summed E-state index contributed by atoms with van der Waals surface area (Å²) in [5.74, 6) is 0. The minimum absolute atomic E-state index is 0. The van der Waals surface area contributed by atoms with Crippen LogP contribution in [-0.2, 0) is 27.5 Å². The van der Waals surface area contributed by atoms with Gasteiger partial charge in [0.2, 0.25) is 0 Å². The summed E-state index contributed by atoms with van der Waals surface area (Å²) in [5.41, 5.74) is 0. The second kappa shape index (κ2) is 15.1. The van der Waals surface area contributed by atoms with Gasteiger partial charge in [-0.15, -0.1) is 0 Å². The fourth-order valence-electron chi connectivity index (χ4n) is 3.53. The van der Waals surface area contributed by atoms with Crippen molar-refractivity contribution in [3.8, 4) is 0 Å². The Bertz CT molecular complexity index is 309. The van der Waals surface area contributed by atoms with Gasteiger partial charge in [0.25, 0.3) is 0 Å². The summed E-state index contributed by atoms with van der Waals surface area (Å²) in [6.45, 7) is 17.8. The number of hydrogen-bond donors (Lipinski definition) is 0. The number of methoxy groups -OCH3 is 3. The molecule has 0 amide bonds. The Labute approximate surface area is 207 Å². The van der Waals surface area contributed by atoms with E-state index in [4.69, 9.17) is 27.5 Å². The molecule has 0 unspecified atom stereocenters. The van der Waals surface area contributed by atoms with Crippen molar-refractivity contribution in [3.05, 3.63) is 0 Å². The molecule has 0 bridgehead atoms. The van der Waals surface area contributed by atoms with Crippen molar-refractivity contribution in [2.24, 2.45) is 0 Å². The van der Waals surface area contributed by atoms with Gasteiger partial charge in [-0.1, -0.05) is 39.3 Å². The van der Waals surface area contributed by atoms with Crippen molar-refractivity contribution in [3.63, 3.8) is 0 Å². The summed E-state index contributed by atoms with van der Waals surface area (Å²) in [4.78, 5) is 0. The molecule has 0 aliphatic rings. The van der Waals surface area contributed by atoms with E-state index in [9.17, 15) is 0 Å². The molecule has 0 N–H and O–H groups in total. The molecule has 0 spiro atoms.